The molecule has 24 heavy (non-hydrogen) atoms. The van der Waals surface area contributed by atoms with Crippen molar-refractivity contribution in [3.63, 3.8) is 0 Å². The highest BCUT2D eigenvalue weighted by Crippen LogP contribution is 2.22. The molecule has 3 rings (SSSR count). The lowest BCUT2D eigenvalue weighted by Gasteiger charge is -2.22. The van der Waals surface area contributed by atoms with Crippen molar-refractivity contribution < 1.29 is 10.1 Å². The standard InChI is InChI=1S/C20H23BrN2O/c1-2-18(14-8-10-16(21)11-9-14)23-19(15-6-4-3-5-7-15)20(24)22-17-12-13-17/h3-11,17-19,23H,2,12-13H2,1H3,(H,22,24)/p+1/t18-,19+/m1/s1. The molecular formula is C20H24BrN2O+. The summed E-state index contributed by atoms with van der Waals surface area (Å²) in [4.78, 5) is 12.8. The number of nitrogens with two attached hydrogens (primary N) is 1. The summed E-state index contributed by atoms with van der Waals surface area (Å²) in [7, 11) is 0. The van der Waals surface area contributed by atoms with Crippen LogP contribution in [0.15, 0.2) is 59.1 Å². The predicted octanol–water partition coefficient (Wildman–Crippen LogP) is 3.48. The van der Waals surface area contributed by atoms with Gasteiger partial charge in [-0.3, -0.25) is 4.79 Å². The van der Waals surface area contributed by atoms with Gasteiger partial charge in [0.1, 0.15) is 6.04 Å². The van der Waals surface area contributed by atoms with Gasteiger partial charge in [0.15, 0.2) is 6.04 Å². The summed E-state index contributed by atoms with van der Waals surface area (Å²) in [5, 5.41) is 5.37. The molecule has 0 bridgehead atoms. The van der Waals surface area contributed by atoms with Crippen LogP contribution in [0.5, 0.6) is 0 Å². The van der Waals surface area contributed by atoms with E-state index in [1.54, 1.807) is 0 Å². The summed E-state index contributed by atoms with van der Waals surface area (Å²) in [6.45, 7) is 2.17. The Labute approximate surface area is 152 Å². The molecule has 1 saturated carbocycles. The van der Waals surface area contributed by atoms with Gasteiger partial charge in [0.05, 0.1) is 0 Å². The van der Waals surface area contributed by atoms with E-state index in [1.165, 1.54) is 5.56 Å². The molecule has 1 aliphatic carbocycles. The molecule has 2 aromatic carbocycles. The first-order valence-electron chi connectivity index (χ1n) is 8.63. The quantitative estimate of drug-likeness (QED) is 0.750. The Hall–Kier alpha value is -1.65. The highest BCUT2D eigenvalue weighted by atomic mass is 79.9. The Morgan fingerprint density at radius 3 is 2.38 bits per heavy atom. The maximum absolute atomic E-state index is 12.8. The van der Waals surface area contributed by atoms with Gasteiger partial charge in [-0.2, -0.15) is 0 Å². The fourth-order valence-electron chi connectivity index (χ4n) is 2.95. The highest BCUT2D eigenvalue weighted by molar-refractivity contribution is 9.10. The first-order chi connectivity index (χ1) is 11.7. The molecule has 1 amide bonds. The van der Waals surface area contributed by atoms with Gasteiger partial charge < -0.3 is 10.6 Å². The van der Waals surface area contributed by atoms with E-state index in [2.05, 4.69) is 57.8 Å². The predicted molar refractivity (Wildman–Crippen MR) is 99.4 cm³/mol. The van der Waals surface area contributed by atoms with E-state index in [-0.39, 0.29) is 18.0 Å². The first kappa shape index (κ1) is 17.2. The number of benzene rings is 2. The van der Waals surface area contributed by atoms with Crippen LogP contribution in [0.3, 0.4) is 0 Å². The van der Waals surface area contributed by atoms with Gasteiger partial charge in [-0.1, -0.05) is 65.3 Å². The maximum Gasteiger partial charge on any atom is 0.283 e. The first-order valence-corrected chi connectivity index (χ1v) is 9.42. The van der Waals surface area contributed by atoms with Crippen molar-refractivity contribution in [2.45, 2.75) is 44.3 Å². The Morgan fingerprint density at radius 1 is 1.12 bits per heavy atom. The normalized spacial score (nSPS) is 16.4. The SMILES string of the molecule is CC[C@@H]([NH2+][C@H](C(=O)NC1CC1)c1ccccc1)c1ccc(Br)cc1. The van der Waals surface area contributed by atoms with E-state index in [0.717, 1.165) is 29.3 Å². The second kappa shape index (κ2) is 7.95. The van der Waals surface area contributed by atoms with Crippen molar-refractivity contribution in [1.29, 1.82) is 0 Å². The van der Waals surface area contributed by atoms with Gasteiger partial charge in [0, 0.05) is 28.1 Å². The van der Waals surface area contributed by atoms with Crippen molar-refractivity contribution in [2.75, 3.05) is 0 Å². The summed E-state index contributed by atoms with van der Waals surface area (Å²) in [5.74, 6) is 0.124. The summed E-state index contributed by atoms with van der Waals surface area (Å²) in [5.41, 5.74) is 2.31. The third-order valence-corrected chi connectivity index (χ3v) is 5.06. The van der Waals surface area contributed by atoms with E-state index < -0.39 is 0 Å². The monoisotopic (exact) mass is 387 g/mol. The summed E-state index contributed by atoms with van der Waals surface area (Å²) in [6, 6.07) is 18.9. The van der Waals surface area contributed by atoms with E-state index in [4.69, 9.17) is 0 Å². The van der Waals surface area contributed by atoms with Crippen molar-refractivity contribution in [2.24, 2.45) is 0 Å². The van der Waals surface area contributed by atoms with Crippen LogP contribution in [0.4, 0.5) is 0 Å². The third-order valence-electron chi connectivity index (χ3n) is 4.53. The van der Waals surface area contributed by atoms with Crippen LogP contribution in [0.2, 0.25) is 0 Å². The van der Waals surface area contributed by atoms with Gasteiger partial charge >= 0.3 is 0 Å². The van der Waals surface area contributed by atoms with E-state index in [9.17, 15) is 4.79 Å². The van der Waals surface area contributed by atoms with Crippen molar-refractivity contribution in [3.8, 4) is 0 Å². The van der Waals surface area contributed by atoms with Crippen LogP contribution in [0.25, 0.3) is 0 Å². The molecule has 0 spiro atoms. The minimum Gasteiger partial charge on any atom is -0.348 e. The molecule has 1 fully saturated rings. The number of halogens is 1. The molecule has 1 aliphatic rings. The van der Waals surface area contributed by atoms with Gasteiger partial charge in [-0.25, -0.2) is 0 Å². The molecule has 2 aromatic rings. The minimum absolute atomic E-state index is 0.124. The summed E-state index contributed by atoms with van der Waals surface area (Å²) >= 11 is 3.49. The highest BCUT2D eigenvalue weighted by Gasteiger charge is 2.32. The molecule has 0 aliphatic heterocycles. The molecular weight excluding hydrogens is 364 g/mol. The van der Waals surface area contributed by atoms with Crippen LogP contribution in [0.1, 0.15) is 49.4 Å². The lowest BCUT2D eigenvalue weighted by molar-refractivity contribution is -0.722. The molecule has 3 nitrogen and oxygen atoms in total. The second-order valence-corrected chi connectivity index (χ2v) is 7.35. The lowest BCUT2D eigenvalue weighted by atomic mass is 10.00. The number of hydrogen-bond acceptors (Lipinski definition) is 1. The molecule has 126 valence electrons. The average Bonchev–Trinajstić information content (AvgIpc) is 3.41. The van der Waals surface area contributed by atoms with Crippen molar-refractivity contribution in [1.82, 2.24) is 5.32 Å². The summed E-state index contributed by atoms with van der Waals surface area (Å²) in [6.07, 6.45) is 3.19. The second-order valence-electron chi connectivity index (χ2n) is 6.43. The largest absolute Gasteiger partial charge is 0.348 e. The number of hydrogen-bond donors (Lipinski definition) is 2. The number of carbonyl (C=O) groups excluding carboxylic acids is 1. The number of carbonyl (C=O) groups is 1. The van der Waals surface area contributed by atoms with Crippen LogP contribution in [-0.4, -0.2) is 11.9 Å². The Bertz CT molecular complexity index is 668. The number of quaternary nitrogens is 1. The molecule has 0 unspecified atom stereocenters. The van der Waals surface area contributed by atoms with Crippen molar-refractivity contribution in [3.05, 3.63) is 70.2 Å². The molecule has 2 atom stereocenters. The Morgan fingerprint density at radius 2 is 1.79 bits per heavy atom. The zero-order chi connectivity index (χ0) is 16.9. The number of amides is 1. The Balaban J connectivity index is 1.81. The van der Waals surface area contributed by atoms with Crippen LogP contribution < -0.4 is 10.6 Å². The van der Waals surface area contributed by atoms with Crippen molar-refractivity contribution >= 4 is 21.8 Å². The number of nitrogens with one attached hydrogen (secondary N) is 1. The topological polar surface area (TPSA) is 45.7 Å². The van der Waals surface area contributed by atoms with E-state index >= 15 is 0 Å². The minimum atomic E-state index is -0.208. The van der Waals surface area contributed by atoms with Gasteiger partial charge in [0.25, 0.3) is 5.91 Å². The fraction of sp³-hybridized carbons (Fsp3) is 0.350. The van der Waals surface area contributed by atoms with Gasteiger partial charge in [0.2, 0.25) is 0 Å². The van der Waals surface area contributed by atoms with Gasteiger partial charge in [-0.15, -0.1) is 0 Å². The fourth-order valence-corrected chi connectivity index (χ4v) is 3.22. The third kappa shape index (κ3) is 4.46. The average molecular weight is 388 g/mol. The summed E-state index contributed by atoms with van der Waals surface area (Å²) < 4.78 is 1.08. The zero-order valence-corrected chi connectivity index (χ0v) is 15.5. The van der Waals surface area contributed by atoms with Crippen LogP contribution in [-0.2, 0) is 4.79 Å². The smallest absolute Gasteiger partial charge is 0.283 e. The molecule has 0 aromatic heterocycles. The van der Waals surface area contributed by atoms with Crippen LogP contribution in [0, 0.1) is 0 Å². The van der Waals surface area contributed by atoms with Gasteiger partial charge in [-0.05, 0) is 25.0 Å². The molecule has 0 radical (unpaired) electrons. The Kier molecular flexibility index (Phi) is 5.69. The molecule has 4 heteroatoms. The maximum atomic E-state index is 12.8. The molecule has 0 saturated heterocycles. The van der Waals surface area contributed by atoms with E-state index in [0.29, 0.717) is 6.04 Å². The lowest BCUT2D eigenvalue weighted by Crippen LogP contribution is -2.88. The molecule has 3 N–H and O–H groups in total. The number of rotatable bonds is 7. The van der Waals surface area contributed by atoms with E-state index in [1.807, 2.05) is 30.3 Å². The zero-order valence-electron chi connectivity index (χ0n) is 13.9. The molecule has 0 heterocycles. The van der Waals surface area contributed by atoms with Crippen LogP contribution >= 0.6 is 15.9 Å².